The lowest BCUT2D eigenvalue weighted by molar-refractivity contribution is -0.133. The summed E-state index contributed by atoms with van der Waals surface area (Å²) in [5.41, 5.74) is 5.83. The molecule has 4 nitrogen and oxygen atoms in total. The molecule has 1 amide bonds. The number of hydrogen-bond acceptors (Lipinski definition) is 4. The molecule has 1 saturated heterocycles. The van der Waals surface area contributed by atoms with Crippen molar-refractivity contribution in [3.05, 3.63) is 22.4 Å². The molecule has 1 aliphatic rings. The van der Waals surface area contributed by atoms with Crippen LogP contribution < -0.4 is 5.73 Å². The van der Waals surface area contributed by atoms with Crippen LogP contribution in [0.3, 0.4) is 0 Å². The van der Waals surface area contributed by atoms with E-state index < -0.39 is 12.1 Å². The van der Waals surface area contributed by atoms with Crippen molar-refractivity contribution in [3.8, 4) is 0 Å². The van der Waals surface area contributed by atoms with Gasteiger partial charge < -0.3 is 15.7 Å². The maximum absolute atomic E-state index is 12.2. The molecule has 3 N–H and O–H groups in total. The molecule has 0 radical (unpaired) electrons. The predicted molar refractivity (Wildman–Crippen MR) is 84.1 cm³/mol. The van der Waals surface area contributed by atoms with Crippen LogP contribution in [-0.2, 0) is 4.79 Å². The van der Waals surface area contributed by atoms with E-state index in [-0.39, 0.29) is 24.4 Å². The second-order valence-electron chi connectivity index (χ2n) is 5.11. The van der Waals surface area contributed by atoms with Crippen LogP contribution in [0.4, 0.5) is 0 Å². The number of rotatable bonds is 5. The highest BCUT2D eigenvalue weighted by Crippen LogP contribution is 2.29. The highest BCUT2D eigenvalue weighted by molar-refractivity contribution is 7.10. The van der Waals surface area contributed by atoms with Crippen LogP contribution in [0.2, 0.25) is 0 Å². The van der Waals surface area contributed by atoms with Crippen molar-refractivity contribution in [3.63, 3.8) is 0 Å². The van der Waals surface area contributed by atoms with Gasteiger partial charge in [-0.1, -0.05) is 13.0 Å². The Balaban J connectivity index is 0.00000200. The van der Waals surface area contributed by atoms with Crippen LogP contribution in [0, 0.1) is 0 Å². The Morgan fingerprint density at radius 1 is 1.65 bits per heavy atom. The molecule has 0 aromatic carbocycles. The van der Waals surface area contributed by atoms with Crippen LogP contribution in [0.25, 0.3) is 0 Å². The lowest BCUT2D eigenvalue weighted by Gasteiger charge is -2.28. The summed E-state index contributed by atoms with van der Waals surface area (Å²) in [6.07, 6.45) is 2.77. The van der Waals surface area contributed by atoms with Crippen molar-refractivity contribution in [2.75, 3.05) is 6.54 Å². The molecular weight excluding hydrogens is 296 g/mol. The van der Waals surface area contributed by atoms with Crippen LogP contribution in [0.15, 0.2) is 17.5 Å². The Kier molecular flexibility index (Phi) is 6.95. The number of thiophene rings is 1. The van der Waals surface area contributed by atoms with Crippen molar-refractivity contribution in [1.29, 1.82) is 0 Å². The van der Waals surface area contributed by atoms with E-state index in [1.165, 1.54) is 0 Å². The molecule has 1 aliphatic heterocycles. The zero-order valence-electron chi connectivity index (χ0n) is 11.7. The first-order valence-corrected chi connectivity index (χ1v) is 7.79. The van der Waals surface area contributed by atoms with Gasteiger partial charge in [0.15, 0.2) is 0 Å². The molecular formula is C14H23ClN2O2S. The van der Waals surface area contributed by atoms with Gasteiger partial charge in [0.1, 0.15) is 0 Å². The van der Waals surface area contributed by atoms with Gasteiger partial charge in [-0.05, 0) is 37.1 Å². The summed E-state index contributed by atoms with van der Waals surface area (Å²) in [7, 11) is 0. The van der Waals surface area contributed by atoms with E-state index >= 15 is 0 Å². The lowest BCUT2D eigenvalue weighted by Crippen LogP contribution is -2.46. The third kappa shape index (κ3) is 3.95. The summed E-state index contributed by atoms with van der Waals surface area (Å²) in [6.45, 7) is 2.70. The van der Waals surface area contributed by atoms with E-state index in [1.807, 2.05) is 29.3 Å². The second kappa shape index (κ2) is 7.98. The fraction of sp³-hybridized carbons (Fsp3) is 0.643. The molecule has 6 heteroatoms. The van der Waals surface area contributed by atoms with Gasteiger partial charge in [-0.15, -0.1) is 23.7 Å². The Hall–Kier alpha value is -0.620. The number of likely N-dealkylation sites (tertiary alicyclic amines) is 1. The minimum atomic E-state index is -0.476. The minimum absolute atomic E-state index is 0. The molecule has 0 saturated carbocycles. The second-order valence-corrected chi connectivity index (χ2v) is 6.09. The molecule has 0 spiro atoms. The summed E-state index contributed by atoms with van der Waals surface area (Å²) >= 11 is 1.56. The van der Waals surface area contributed by atoms with Crippen LogP contribution in [0.1, 0.15) is 43.6 Å². The van der Waals surface area contributed by atoms with E-state index in [9.17, 15) is 9.90 Å². The maximum Gasteiger partial charge on any atom is 0.239 e. The third-order valence-electron chi connectivity index (χ3n) is 3.78. The van der Waals surface area contributed by atoms with Crippen molar-refractivity contribution in [2.24, 2.45) is 5.73 Å². The Labute approximate surface area is 130 Å². The van der Waals surface area contributed by atoms with E-state index in [1.54, 1.807) is 11.3 Å². The zero-order valence-corrected chi connectivity index (χ0v) is 13.3. The molecule has 3 unspecified atom stereocenters. The molecule has 20 heavy (non-hydrogen) atoms. The molecule has 3 atom stereocenters. The molecule has 1 fully saturated rings. The Morgan fingerprint density at radius 2 is 2.40 bits per heavy atom. The quantitative estimate of drug-likeness (QED) is 0.875. The van der Waals surface area contributed by atoms with Gasteiger partial charge in [0.2, 0.25) is 5.91 Å². The molecule has 1 aromatic rings. The van der Waals surface area contributed by atoms with Crippen LogP contribution >= 0.6 is 23.7 Å². The maximum atomic E-state index is 12.2. The fourth-order valence-corrected chi connectivity index (χ4v) is 3.34. The summed E-state index contributed by atoms with van der Waals surface area (Å²) < 4.78 is 0. The smallest absolute Gasteiger partial charge is 0.239 e. The highest BCUT2D eigenvalue weighted by Gasteiger charge is 2.32. The molecule has 0 aliphatic carbocycles. The van der Waals surface area contributed by atoms with E-state index in [2.05, 4.69) is 0 Å². The first kappa shape index (κ1) is 17.4. The lowest BCUT2D eigenvalue weighted by atomic mass is 10.0. The van der Waals surface area contributed by atoms with Crippen molar-refractivity contribution >= 4 is 29.7 Å². The van der Waals surface area contributed by atoms with Gasteiger partial charge in [-0.25, -0.2) is 0 Å². The number of nitrogens with zero attached hydrogens (tertiary/aromatic N) is 1. The summed E-state index contributed by atoms with van der Waals surface area (Å²) in [5, 5.41) is 12.2. The molecule has 2 heterocycles. The average molecular weight is 319 g/mol. The number of hydrogen-bond donors (Lipinski definition) is 2. The monoisotopic (exact) mass is 318 g/mol. The standard InChI is InChI=1S/C14H22N2O2S.ClH/c1-2-11(15)14(18)16-7-3-5-10(16)9-12(17)13-6-4-8-19-13;/h4,6,8,10-12,17H,2-3,5,7,9,15H2,1H3;1H. The number of halogens is 1. The first-order chi connectivity index (χ1) is 9.13. The van der Waals surface area contributed by atoms with Crippen molar-refractivity contribution < 1.29 is 9.90 Å². The largest absolute Gasteiger partial charge is 0.387 e. The first-order valence-electron chi connectivity index (χ1n) is 6.91. The minimum Gasteiger partial charge on any atom is -0.387 e. The number of aliphatic hydroxyl groups excluding tert-OH is 1. The van der Waals surface area contributed by atoms with Crippen LogP contribution in [0.5, 0.6) is 0 Å². The zero-order chi connectivity index (χ0) is 13.8. The van der Waals surface area contributed by atoms with Gasteiger partial charge in [0.25, 0.3) is 0 Å². The third-order valence-corrected chi connectivity index (χ3v) is 4.76. The summed E-state index contributed by atoms with van der Waals surface area (Å²) in [4.78, 5) is 15.0. The Bertz CT molecular complexity index is 413. The molecule has 2 rings (SSSR count). The number of nitrogens with two attached hydrogens (primary N) is 1. The molecule has 0 bridgehead atoms. The highest BCUT2D eigenvalue weighted by atomic mass is 35.5. The fourth-order valence-electron chi connectivity index (χ4n) is 2.61. The van der Waals surface area contributed by atoms with Crippen molar-refractivity contribution in [2.45, 2.75) is 50.8 Å². The van der Waals surface area contributed by atoms with Gasteiger partial charge in [-0.2, -0.15) is 0 Å². The van der Waals surface area contributed by atoms with Gasteiger partial charge >= 0.3 is 0 Å². The number of aliphatic hydroxyl groups is 1. The van der Waals surface area contributed by atoms with Gasteiger partial charge in [0.05, 0.1) is 12.1 Å². The topological polar surface area (TPSA) is 66.6 Å². The van der Waals surface area contributed by atoms with Crippen molar-refractivity contribution in [1.82, 2.24) is 4.90 Å². The van der Waals surface area contributed by atoms with E-state index in [4.69, 9.17) is 5.73 Å². The number of carbonyl (C=O) groups excluding carboxylic acids is 1. The van der Waals surface area contributed by atoms with Crippen LogP contribution in [-0.4, -0.2) is 34.5 Å². The SMILES string of the molecule is CCC(N)C(=O)N1CCCC1CC(O)c1cccs1.Cl. The van der Waals surface area contributed by atoms with E-state index in [0.717, 1.165) is 24.3 Å². The Morgan fingerprint density at radius 3 is 3.00 bits per heavy atom. The average Bonchev–Trinajstić information content (AvgIpc) is 3.07. The van der Waals surface area contributed by atoms with Gasteiger partial charge in [-0.3, -0.25) is 4.79 Å². The number of amides is 1. The van der Waals surface area contributed by atoms with E-state index in [0.29, 0.717) is 12.8 Å². The molecule has 114 valence electrons. The number of carbonyl (C=O) groups is 1. The summed E-state index contributed by atoms with van der Waals surface area (Å²) in [5.74, 6) is 0.0309. The van der Waals surface area contributed by atoms with Gasteiger partial charge in [0, 0.05) is 17.5 Å². The predicted octanol–water partition coefficient (Wildman–Crippen LogP) is 2.32. The normalized spacial score (nSPS) is 21.4. The molecule has 1 aromatic heterocycles. The summed E-state index contributed by atoms with van der Waals surface area (Å²) in [6, 6.07) is 3.60.